The number of benzene rings is 8. The summed E-state index contributed by atoms with van der Waals surface area (Å²) < 4.78 is 12.8. The molecule has 0 atom stereocenters. The minimum atomic E-state index is 0.836. The van der Waals surface area contributed by atoms with Crippen molar-refractivity contribution in [3.8, 4) is 33.4 Å². The van der Waals surface area contributed by atoms with E-state index in [0.717, 1.165) is 49.4 Å². The zero-order valence-electron chi connectivity index (χ0n) is 24.8. The highest BCUT2D eigenvalue weighted by Crippen LogP contribution is 2.46. The summed E-state index contributed by atoms with van der Waals surface area (Å²) in [7, 11) is 0. The van der Waals surface area contributed by atoms with Gasteiger partial charge in [0.15, 0.2) is 0 Å². The second kappa shape index (κ2) is 9.69. The Hall–Kier alpha value is -6.12. The second-order valence-corrected chi connectivity index (χ2v) is 12.0. The molecule has 2 heterocycles. The van der Waals surface area contributed by atoms with E-state index in [0.29, 0.717) is 0 Å². The summed E-state index contributed by atoms with van der Waals surface area (Å²) >= 11 is 0. The third-order valence-electron chi connectivity index (χ3n) is 9.48. The van der Waals surface area contributed by atoms with E-state index in [4.69, 9.17) is 8.83 Å². The SMILES string of the molecule is c1ccc(-c2ccc(-c3c4ccccc4c(-c4ccc5oc6ccc7c8ccccc8oc7c6c5c4)c4ccccc34)cc2)cc1. The molecular weight excluding hydrogens is 560 g/mol. The number of rotatable bonds is 3. The van der Waals surface area contributed by atoms with Crippen molar-refractivity contribution in [3.63, 3.8) is 0 Å². The second-order valence-electron chi connectivity index (χ2n) is 12.0. The monoisotopic (exact) mass is 586 g/mol. The highest BCUT2D eigenvalue weighted by Gasteiger charge is 2.20. The molecular formula is C44H26O2. The van der Waals surface area contributed by atoms with Crippen molar-refractivity contribution >= 4 is 65.4 Å². The Morgan fingerprint density at radius 1 is 0.283 bits per heavy atom. The molecule has 0 bridgehead atoms. The van der Waals surface area contributed by atoms with Gasteiger partial charge >= 0.3 is 0 Å². The van der Waals surface area contributed by atoms with Gasteiger partial charge in [-0.25, -0.2) is 0 Å². The van der Waals surface area contributed by atoms with E-state index < -0.39 is 0 Å². The van der Waals surface area contributed by atoms with E-state index >= 15 is 0 Å². The van der Waals surface area contributed by atoms with Gasteiger partial charge < -0.3 is 8.83 Å². The predicted molar refractivity (Wildman–Crippen MR) is 192 cm³/mol. The largest absolute Gasteiger partial charge is 0.456 e. The van der Waals surface area contributed by atoms with Crippen molar-refractivity contribution < 1.29 is 8.83 Å². The van der Waals surface area contributed by atoms with Gasteiger partial charge in [-0.15, -0.1) is 0 Å². The van der Waals surface area contributed by atoms with Gasteiger partial charge in [-0.3, -0.25) is 0 Å². The summed E-state index contributed by atoms with van der Waals surface area (Å²) in [5.74, 6) is 0. The highest BCUT2D eigenvalue weighted by molar-refractivity contribution is 6.24. The molecule has 46 heavy (non-hydrogen) atoms. The van der Waals surface area contributed by atoms with E-state index in [-0.39, 0.29) is 0 Å². The Morgan fingerprint density at radius 2 is 0.783 bits per heavy atom. The first-order chi connectivity index (χ1) is 22.8. The van der Waals surface area contributed by atoms with Crippen LogP contribution in [-0.4, -0.2) is 0 Å². The molecule has 8 aromatic carbocycles. The molecule has 10 aromatic rings. The number of furan rings is 2. The molecule has 0 saturated carbocycles. The predicted octanol–water partition coefficient (Wildman–Crippen LogP) is 12.8. The molecule has 0 aliphatic heterocycles. The van der Waals surface area contributed by atoms with Gasteiger partial charge in [0.05, 0.1) is 5.39 Å². The van der Waals surface area contributed by atoms with E-state index in [1.807, 2.05) is 12.1 Å². The van der Waals surface area contributed by atoms with Gasteiger partial charge in [-0.1, -0.05) is 127 Å². The zero-order valence-corrected chi connectivity index (χ0v) is 24.8. The number of para-hydroxylation sites is 1. The summed E-state index contributed by atoms with van der Waals surface area (Å²) in [6, 6.07) is 56.2. The Kier molecular flexibility index (Phi) is 5.31. The first-order valence-corrected chi connectivity index (χ1v) is 15.7. The van der Waals surface area contributed by atoms with Crippen molar-refractivity contribution in [3.05, 3.63) is 158 Å². The van der Waals surface area contributed by atoms with Crippen molar-refractivity contribution in [1.29, 1.82) is 0 Å². The maximum absolute atomic E-state index is 6.46. The Bertz CT molecular complexity index is 2720. The molecule has 0 aliphatic rings. The summed E-state index contributed by atoms with van der Waals surface area (Å²) in [4.78, 5) is 0. The van der Waals surface area contributed by atoms with Crippen LogP contribution in [0.3, 0.4) is 0 Å². The molecule has 0 amide bonds. The minimum absolute atomic E-state index is 0.836. The average Bonchev–Trinajstić information content (AvgIpc) is 3.69. The summed E-state index contributed by atoms with van der Waals surface area (Å²) in [6.45, 7) is 0. The van der Waals surface area contributed by atoms with Gasteiger partial charge in [0.25, 0.3) is 0 Å². The molecule has 0 unspecified atom stereocenters. The fourth-order valence-corrected chi connectivity index (χ4v) is 7.41. The lowest BCUT2D eigenvalue weighted by molar-refractivity contribution is 0.663. The summed E-state index contributed by atoms with van der Waals surface area (Å²) in [5, 5.41) is 9.24. The first-order valence-electron chi connectivity index (χ1n) is 15.7. The van der Waals surface area contributed by atoms with Crippen LogP contribution in [0.1, 0.15) is 0 Å². The topological polar surface area (TPSA) is 26.3 Å². The van der Waals surface area contributed by atoms with Crippen LogP contribution >= 0.6 is 0 Å². The van der Waals surface area contributed by atoms with Crippen LogP contribution in [0.2, 0.25) is 0 Å². The van der Waals surface area contributed by atoms with Gasteiger partial charge in [-0.05, 0) is 85.3 Å². The van der Waals surface area contributed by atoms with Crippen LogP contribution in [0.25, 0.3) is 98.8 Å². The normalized spacial score (nSPS) is 11.9. The van der Waals surface area contributed by atoms with Crippen molar-refractivity contribution in [1.82, 2.24) is 0 Å². The number of hydrogen-bond donors (Lipinski definition) is 0. The van der Waals surface area contributed by atoms with Crippen molar-refractivity contribution in [2.45, 2.75) is 0 Å². The lowest BCUT2D eigenvalue weighted by atomic mass is 9.85. The fourth-order valence-electron chi connectivity index (χ4n) is 7.41. The van der Waals surface area contributed by atoms with Crippen LogP contribution in [-0.2, 0) is 0 Å². The molecule has 10 rings (SSSR count). The van der Waals surface area contributed by atoms with Crippen LogP contribution in [0, 0.1) is 0 Å². The maximum Gasteiger partial charge on any atom is 0.147 e. The van der Waals surface area contributed by atoms with E-state index in [9.17, 15) is 0 Å². The highest BCUT2D eigenvalue weighted by atomic mass is 16.3. The number of fused-ring (bicyclic) bond motifs is 9. The minimum Gasteiger partial charge on any atom is -0.456 e. The zero-order chi connectivity index (χ0) is 30.2. The number of hydrogen-bond acceptors (Lipinski definition) is 2. The van der Waals surface area contributed by atoms with Crippen LogP contribution in [0.4, 0.5) is 0 Å². The van der Waals surface area contributed by atoms with E-state index in [2.05, 4.69) is 146 Å². The van der Waals surface area contributed by atoms with E-state index in [1.165, 1.54) is 49.4 Å². The van der Waals surface area contributed by atoms with Crippen molar-refractivity contribution in [2.75, 3.05) is 0 Å². The molecule has 214 valence electrons. The molecule has 2 aromatic heterocycles. The van der Waals surface area contributed by atoms with Gasteiger partial charge in [0.1, 0.15) is 22.3 Å². The molecule has 0 aliphatic carbocycles. The molecule has 0 spiro atoms. The average molecular weight is 587 g/mol. The fraction of sp³-hybridized carbons (Fsp3) is 0. The standard InChI is InChI=1S/C44H26O2/c1-2-10-27(11-3-1)28-18-20-29(21-19-28)41-32-13-4-6-15-34(32)42(35-16-7-5-14-33(35)41)30-22-24-39-37(26-30)43-40(45-39)25-23-36-31-12-8-9-17-38(31)46-44(36)43/h1-26H. The lowest BCUT2D eigenvalue weighted by Gasteiger charge is -2.18. The first kappa shape index (κ1) is 25.2. The van der Waals surface area contributed by atoms with Gasteiger partial charge in [0.2, 0.25) is 0 Å². The third kappa shape index (κ3) is 3.65. The lowest BCUT2D eigenvalue weighted by Crippen LogP contribution is -1.91. The van der Waals surface area contributed by atoms with Crippen LogP contribution in [0.15, 0.2) is 167 Å². The summed E-state index contributed by atoms with van der Waals surface area (Å²) in [6.07, 6.45) is 0. The molecule has 0 fully saturated rings. The van der Waals surface area contributed by atoms with Crippen LogP contribution < -0.4 is 0 Å². The van der Waals surface area contributed by atoms with Gasteiger partial charge in [-0.2, -0.15) is 0 Å². The maximum atomic E-state index is 6.46. The van der Waals surface area contributed by atoms with Crippen molar-refractivity contribution in [2.24, 2.45) is 0 Å². The molecule has 0 N–H and O–H groups in total. The third-order valence-corrected chi connectivity index (χ3v) is 9.48. The Morgan fingerprint density at radius 3 is 1.48 bits per heavy atom. The molecule has 0 radical (unpaired) electrons. The van der Waals surface area contributed by atoms with Crippen LogP contribution in [0.5, 0.6) is 0 Å². The molecule has 2 nitrogen and oxygen atoms in total. The Labute approximate surface area is 264 Å². The molecule has 2 heteroatoms. The quantitative estimate of drug-likeness (QED) is 0.193. The van der Waals surface area contributed by atoms with Gasteiger partial charge in [0, 0.05) is 16.2 Å². The van der Waals surface area contributed by atoms with E-state index in [1.54, 1.807) is 0 Å². The smallest absolute Gasteiger partial charge is 0.147 e. The Balaban J connectivity index is 1.24. The summed E-state index contributed by atoms with van der Waals surface area (Å²) in [5.41, 5.74) is 10.7. The molecule has 0 saturated heterocycles.